The predicted molar refractivity (Wildman–Crippen MR) is 125 cm³/mol. The normalized spacial score (nSPS) is 20.8. The molecule has 1 aromatic heterocycles. The molecular weight excluding hydrogens is 413 g/mol. The van der Waals surface area contributed by atoms with Crippen LogP contribution in [-0.4, -0.2) is 4.98 Å². The molecule has 0 bridgehead atoms. The second kappa shape index (κ2) is 7.91. The van der Waals surface area contributed by atoms with E-state index in [1.165, 1.54) is 6.07 Å². The van der Waals surface area contributed by atoms with Crippen LogP contribution >= 0.6 is 0 Å². The van der Waals surface area contributed by atoms with Crippen molar-refractivity contribution in [1.82, 2.24) is 4.98 Å². The molecule has 2 heterocycles. The van der Waals surface area contributed by atoms with Crippen molar-refractivity contribution in [3.05, 3.63) is 125 Å². The first-order chi connectivity index (χ1) is 16.1. The molecule has 3 aromatic carbocycles. The number of hydrogen-bond donors (Lipinski definition) is 0. The van der Waals surface area contributed by atoms with Crippen molar-refractivity contribution in [3.63, 3.8) is 0 Å². The Balaban J connectivity index is 1.48. The lowest BCUT2D eigenvalue weighted by atomic mass is 9.99. The summed E-state index contributed by atoms with van der Waals surface area (Å²) in [5.74, 6) is -1.24. The van der Waals surface area contributed by atoms with E-state index in [0.29, 0.717) is 17.7 Å². The lowest BCUT2D eigenvalue weighted by Crippen LogP contribution is -2.25. The average molecular weight is 438 g/mol. The van der Waals surface area contributed by atoms with Crippen LogP contribution in [0.2, 0.25) is 0 Å². The van der Waals surface area contributed by atoms with Gasteiger partial charge in [-0.3, -0.25) is 0 Å². The fraction of sp³-hybridized carbons (Fsp3) is 0.207. The van der Waals surface area contributed by atoms with Crippen LogP contribution in [0.15, 0.2) is 91.0 Å². The highest BCUT2D eigenvalue weighted by molar-refractivity contribution is 5.62. The summed E-state index contributed by atoms with van der Waals surface area (Å²) in [6.45, 7) is 2.06. The minimum absolute atomic E-state index is 0.265. The van der Waals surface area contributed by atoms with Gasteiger partial charge in [-0.05, 0) is 53.8 Å². The first-order valence-electron chi connectivity index (χ1n) is 11.4. The van der Waals surface area contributed by atoms with Gasteiger partial charge in [0.1, 0.15) is 23.7 Å². The van der Waals surface area contributed by atoms with Crippen molar-refractivity contribution in [1.29, 1.82) is 0 Å². The summed E-state index contributed by atoms with van der Waals surface area (Å²) in [5, 5.41) is 0. The van der Waals surface area contributed by atoms with E-state index in [2.05, 4.69) is 31.2 Å². The Morgan fingerprint density at radius 1 is 0.818 bits per heavy atom. The number of hydrogen-bond acceptors (Lipinski definition) is 3. The molecule has 2 aliphatic rings. The number of benzene rings is 3. The van der Waals surface area contributed by atoms with Gasteiger partial charge in [-0.2, -0.15) is 0 Å². The maximum Gasteiger partial charge on any atom is 0.214 e. The summed E-state index contributed by atoms with van der Waals surface area (Å²) in [7, 11) is 0. The fourth-order valence-electron chi connectivity index (χ4n) is 5.11. The van der Waals surface area contributed by atoms with Gasteiger partial charge in [0.05, 0.1) is 5.69 Å². The van der Waals surface area contributed by atoms with Gasteiger partial charge in [-0.25, -0.2) is 9.37 Å². The molecule has 6 rings (SSSR count). The third-order valence-electron chi connectivity index (χ3n) is 6.73. The highest BCUT2D eigenvalue weighted by atomic mass is 19.1. The van der Waals surface area contributed by atoms with Crippen LogP contribution in [0.4, 0.5) is 4.39 Å². The average Bonchev–Trinajstić information content (AvgIpc) is 3.42. The van der Waals surface area contributed by atoms with Crippen molar-refractivity contribution in [2.24, 2.45) is 0 Å². The summed E-state index contributed by atoms with van der Waals surface area (Å²) in [6.07, 6.45) is 0.968. The molecule has 1 spiro atoms. The molecular formula is C29H24FNO2. The Morgan fingerprint density at radius 2 is 1.39 bits per heavy atom. The zero-order valence-corrected chi connectivity index (χ0v) is 18.4. The largest absolute Gasteiger partial charge is 0.333 e. The van der Waals surface area contributed by atoms with Gasteiger partial charge in [0, 0.05) is 12.0 Å². The Morgan fingerprint density at radius 3 is 2.00 bits per heavy atom. The Kier molecular flexibility index (Phi) is 4.86. The third kappa shape index (κ3) is 3.38. The number of aryl methyl sites for hydroxylation is 1. The zero-order chi connectivity index (χ0) is 22.4. The Hall–Kier alpha value is -3.34. The van der Waals surface area contributed by atoms with Gasteiger partial charge in [0.2, 0.25) is 5.79 Å². The van der Waals surface area contributed by atoms with E-state index in [4.69, 9.17) is 14.5 Å². The van der Waals surface area contributed by atoms with Gasteiger partial charge < -0.3 is 9.47 Å². The topological polar surface area (TPSA) is 31.4 Å². The minimum atomic E-state index is -0.956. The van der Waals surface area contributed by atoms with Gasteiger partial charge in [-0.1, -0.05) is 72.8 Å². The molecule has 0 saturated carbocycles. The summed E-state index contributed by atoms with van der Waals surface area (Å²) in [4.78, 5) is 4.95. The van der Waals surface area contributed by atoms with Crippen LogP contribution < -0.4 is 0 Å². The molecule has 1 aliphatic carbocycles. The van der Waals surface area contributed by atoms with E-state index >= 15 is 0 Å². The van der Waals surface area contributed by atoms with E-state index in [1.807, 2.05) is 48.5 Å². The zero-order valence-electron chi connectivity index (χ0n) is 18.4. The van der Waals surface area contributed by atoms with Gasteiger partial charge in [0.25, 0.3) is 0 Å². The van der Waals surface area contributed by atoms with Crippen LogP contribution in [-0.2, 0) is 21.7 Å². The molecule has 0 N–H and O–H groups in total. The van der Waals surface area contributed by atoms with E-state index < -0.39 is 5.79 Å². The summed E-state index contributed by atoms with van der Waals surface area (Å²) >= 11 is 0. The Labute approximate surface area is 192 Å². The monoisotopic (exact) mass is 437 g/mol. The molecule has 33 heavy (non-hydrogen) atoms. The molecule has 1 fully saturated rings. The second-order valence-corrected chi connectivity index (χ2v) is 8.78. The Bertz CT molecular complexity index is 1260. The number of ether oxygens (including phenoxy) is 2. The lowest BCUT2D eigenvalue weighted by molar-refractivity contribution is -0.186. The lowest BCUT2D eigenvalue weighted by Gasteiger charge is -2.24. The fourth-order valence-corrected chi connectivity index (χ4v) is 5.11. The minimum Gasteiger partial charge on any atom is -0.333 e. The van der Waals surface area contributed by atoms with Crippen molar-refractivity contribution < 1.29 is 13.9 Å². The number of rotatable bonds is 3. The van der Waals surface area contributed by atoms with Crippen molar-refractivity contribution in [2.45, 2.75) is 37.8 Å². The molecule has 164 valence electrons. The van der Waals surface area contributed by atoms with Crippen LogP contribution in [0, 0.1) is 12.7 Å². The summed E-state index contributed by atoms with van der Waals surface area (Å²) in [6, 6.07) is 29.1. The third-order valence-corrected chi connectivity index (χ3v) is 6.73. The molecule has 0 amide bonds. The maximum atomic E-state index is 14.6. The number of halogens is 1. The van der Waals surface area contributed by atoms with Crippen molar-refractivity contribution in [3.8, 4) is 11.3 Å². The van der Waals surface area contributed by atoms with E-state index in [1.54, 1.807) is 12.1 Å². The standard InChI is InChI=1S/C29H24FNO2/c1-19-18-25(23-14-8-9-15-24(23)30)31-28-22(19)16-17-29(28)32-26(20-10-4-2-5-11-20)27(33-29)21-12-6-3-7-13-21/h2-15,18,26-27H,16-17H2,1H3/t26-,27-/m0/s1. The quantitative estimate of drug-likeness (QED) is 0.352. The number of aromatic nitrogens is 1. The van der Waals surface area contributed by atoms with Gasteiger partial charge in [-0.15, -0.1) is 0 Å². The van der Waals surface area contributed by atoms with Gasteiger partial charge in [0.15, 0.2) is 0 Å². The molecule has 4 aromatic rings. The van der Waals surface area contributed by atoms with Crippen LogP contribution in [0.3, 0.4) is 0 Å². The summed E-state index contributed by atoms with van der Waals surface area (Å²) < 4.78 is 28.2. The van der Waals surface area contributed by atoms with Gasteiger partial charge >= 0.3 is 0 Å². The maximum absolute atomic E-state index is 14.6. The van der Waals surface area contributed by atoms with E-state index in [9.17, 15) is 4.39 Å². The molecule has 0 radical (unpaired) electrons. The number of nitrogens with zero attached hydrogens (tertiary/aromatic N) is 1. The first kappa shape index (κ1) is 20.3. The van der Waals surface area contributed by atoms with Crippen LogP contribution in [0.5, 0.6) is 0 Å². The smallest absolute Gasteiger partial charge is 0.214 e. The second-order valence-electron chi connectivity index (χ2n) is 8.78. The molecule has 4 heteroatoms. The molecule has 2 atom stereocenters. The molecule has 1 aliphatic heterocycles. The van der Waals surface area contributed by atoms with E-state index in [-0.39, 0.29) is 18.0 Å². The molecule has 3 nitrogen and oxygen atoms in total. The molecule has 0 unspecified atom stereocenters. The van der Waals surface area contributed by atoms with Crippen LogP contribution in [0.1, 0.15) is 46.6 Å². The highest BCUT2D eigenvalue weighted by Gasteiger charge is 2.54. The van der Waals surface area contributed by atoms with Crippen LogP contribution in [0.25, 0.3) is 11.3 Å². The van der Waals surface area contributed by atoms with Crippen molar-refractivity contribution in [2.75, 3.05) is 0 Å². The predicted octanol–water partition coefficient (Wildman–Crippen LogP) is 6.82. The van der Waals surface area contributed by atoms with E-state index in [0.717, 1.165) is 34.4 Å². The highest BCUT2D eigenvalue weighted by Crippen LogP contribution is 2.56. The molecule has 1 saturated heterocycles. The van der Waals surface area contributed by atoms with Crippen molar-refractivity contribution >= 4 is 0 Å². The summed E-state index contributed by atoms with van der Waals surface area (Å²) in [5.41, 5.74) is 6.23. The number of fused-ring (bicyclic) bond motifs is 2. The SMILES string of the molecule is Cc1cc(-c2ccccc2F)nc2c1CCC21O[C@@H](c2ccccc2)[C@H](c2ccccc2)O1. The number of pyridine rings is 1. The first-order valence-corrected chi connectivity index (χ1v) is 11.4.